The van der Waals surface area contributed by atoms with Crippen LogP contribution in [0.25, 0.3) is 0 Å². The average molecular weight is 607 g/mol. The summed E-state index contributed by atoms with van der Waals surface area (Å²) in [5, 5.41) is 0.831. The number of rotatable bonds is 3. The lowest BCUT2D eigenvalue weighted by Crippen LogP contribution is -2.06. The summed E-state index contributed by atoms with van der Waals surface area (Å²) in [6.07, 6.45) is -0.508. The van der Waals surface area contributed by atoms with Crippen molar-refractivity contribution >= 4 is 106 Å². The van der Waals surface area contributed by atoms with E-state index in [1.807, 2.05) is 12.1 Å². The Labute approximate surface area is 183 Å². The van der Waals surface area contributed by atoms with Crippen molar-refractivity contribution in [1.82, 2.24) is 0 Å². The van der Waals surface area contributed by atoms with E-state index in [-0.39, 0.29) is 25.1 Å². The van der Waals surface area contributed by atoms with Gasteiger partial charge >= 0.3 is 0 Å². The Bertz CT molecular complexity index is 753. The van der Waals surface area contributed by atoms with Crippen LogP contribution in [0.2, 0.25) is 25.1 Å². The first-order chi connectivity index (χ1) is 10.6. The van der Waals surface area contributed by atoms with Gasteiger partial charge < -0.3 is 4.74 Å². The van der Waals surface area contributed by atoms with Gasteiger partial charge in [-0.25, -0.2) is 0 Å². The van der Waals surface area contributed by atoms with Gasteiger partial charge in [0.2, 0.25) is 0 Å². The van der Waals surface area contributed by atoms with Crippen molar-refractivity contribution in [3.8, 4) is 5.75 Å². The van der Waals surface area contributed by atoms with Gasteiger partial charge in [0.15, 0.2) is 0 Å². The second-order valence-electron chi connectivity index (χ2n) is 4.44. The molecule has 1 nitrogen and oxygen atoms in total. The third-order valence-corrected chi connectivity index (χ3v) is 7.70. The minimum atomic E-state index is -0.508. The van der Waals surface area contributed by atoms with E-state index in [4.69, 9.17) is 62.7 Å². The summed E-state index contributed by atoms with van der Waals surface area (Å²) in [4.78, 5) is 0. The Kier molecular flexibility index (Phi) is 7.30. The monoisotopic (exact) mass is 602 g/mol. The van der Waals surface area contributed by atoms with Gasteiger partial charge in [-0.15, -0.1) is 0 Å². The quantitative estimate of drug-likeness (QED) is 0.250. The molecule has 0 aliphatic heterocycles. The molecule has 0 saturated carbocycles. The Hall–Kier alpha value is 1.13. The zero-order valence-electron chi connectivity index (χ0n) is 11.2. The molecule has 0 radical (unpaired) electrons. The molecule has 0 amide bonds. The average Bonchev–Trinajstić information content (AvgIpc) is 2.49. The highest BCUT2D eigenvalue weighted by Crippen LogP contribution is 2.47. The first kappa shape index (κ1) is 20.4. The highest BCUT2D eigenvalue weighted by atomic mass is 79.9. The molecular formula is C14H6Br3Cl5O. The predicted molar refractivity (Wildman–Crippen MR) is 110 cm³/mol. The van der Waals surface area contributed by atoms with Gasteiger partial charge in [-0.2, -0.15) is 0 Å². The fraction of sp³-hybridized carbons (Fsp3) is 0.143. The molecule has 0 fully saturated rings. The van der Waals surface area contributed by atoms with Crippen LogP contribution < -0.4 is 4.74 Å². The molecule has 2 aromatic carbocycles. The smallest absolute Gasteiger partial charge is 0.135 e. The van der Waals surface area contributed by atoms with Crippen molar-refractivity contribution in [3.63, 3.8) is 0 Å². The molecule has 9 heteroatoms. The second kappa shape index (κ2) is 8.22. The third-order valence-electron chi connectivity index (χ3n) is 2.93. The van der Waals surface area contributed by atoms with Crippen molar-refractivity contribution in [2.75, 3.05) is 0 Å². The van der Waals surface area contributed by atoms with E-state index in [1.165, 1.54) is 0 Å². The summed E-state index contributed by atoms with van der Waals surface area (Å²) in [5.74, 6) is 0.599. The molecule has 124 valence electrons. The molecule has 2 aromatic rings. The molecule has 0 bridgehead atoms. The highest BCUT2D eigenvalue weighted by molar-refractivity contribution is 9.13. The number of ether oxygens (including phenoxy) is 1. The van der Waals surface area contributed by atoms with Crippen LogP contribution in [0, 0.1) is 0 Å². The molecule has 0 saturated heterocycles. The largest absolute Gasteiger partial charge is 0.485 e. The maximum Gasteiger partial charge on any atom is 0.135 e. The zero-order valence-corrected chi connectivity index (χ0v) is 19.7. The summed E-state index contributed by atoms with van der Waals surface area (Å²) in [5.41, 5.74) is 0.471. The second-order valence-corrected chi connectivity index (χ2v) is 8.89. The number of hydrogen-bond donors (Lipinski definition) is 0. The van der Waals surface area contributed by atoms with Crippen molar-refractivity contribution in [1.29, 1.82) is 0 Å². The van der Waals surface area contributed by atoms with Crippen LogP contribution in [0.15, 0.2) is 25.6 Å². The molecule has 0 aliphatic carbocycles. The predicted octanol–water partition coefficient (Wildman–Crippen LogP) is 9.38. The van der Waals surface area contributed by atoms with Gasteiger partial charge in [-0.3, -0.25) is 0 Å². The lowest BCUT2D eigenvalue weighted by atomic mass is 10.1. The van der Waals surface area contributed by atoms with E-state index in [2.05, 4.69) is 47.8 Å². The number of hydrogen-bond acceptors (Lipinski definition) is 1. The lowest BCUT2D eigenvalue weighted by Gasteiger charge is -2.21. The summed E-state index contributed by atoms with van der Waals surface area (Å²) in [7, 11) is 0. The van der Waals surface area contributed by atoms with Crippen molar-refractivity contribution in [2.45, 2.75) is 13.0 Å². The Balaban J connectivity index is 2.47. The van der Waals surface area contributed by atoms with Crippen molar-refractivity contribution in [3.05, 3.63) is 56.2 Å². The van der Waals surface area contributed by atoms with Crippen LogP contribution >= 0.6 is 106 Å². The molecule has 0 aliphatic rings. The third kappa shape index (κ3) is 4.28. The molecule has 1 unspecified atom stereocenters. The maximum absolute atomic E-state index is 6.27. The lowest BCUT2D eigenvalue weighted by molar-refractivity contribution is 0.225. The van der Waals surface area contributed by atoms with Gasteiger partial charge in [0.25, 0.3) is 0 Å². The van der Waals surface area contributed by atoms with Gasteiger partial charge in [-0.1, -0.05) is 58.0 Å². The summed E-state index contributed by atoms with van der Waals surface area (Å²) in [6.45, 7) is 1.79. The van der Waals surface area contributed by atoms with E-state index in [0.29, 0.717) is 11.3 Å². The summed E-state index contributed by atoms with van der Waals surface area (Å²) in [6, 6.07) is 3.67. The van der Waals surface area contributed by atoms with Crippen molar-refractivity contribution in [2.24, 2.45) is 0 Å². The van der Waals surface area contributed by atoms with Gasteiger partial charge in [-0.05, 0) is 66.8 Å². The van der Waals surface area contributed by atoms with Crippen LogP contribution in [0.3, 0.4) is 0 Å². The zero-order chi connectivity index (χ0) is 17.5. The fourth-order valence-corrected chi connectivity index (χ4v) is 4.69. The Morgan fingerprint density at radius 1 is 0.739 bits per heavy atom. The van der Waals surface area contributed by atoms with Gasteiger partial charge in [0.05, 0.1) is 29.6 Å². The molecule has 0 N–H and O–H groups in total. The van der Waals surface area contributed by atoms with Crippen LogP contribution in [-0.2, 0) is 0 Å². The number of halogens is 8. The minimum absolute atomic E-state index is 0.117. The van der Waals surface area contributed by atoms with Crippen LogP contribution in [0.4, 0.5) is 0 Å². The van der Waals surface area contributed by atoms with Crippen LogP contribution in [-0.4, -0.2) is 0 Å². The minimum Gasteiger partial charge on any atom is -0.485 e. The molecule has 23 heavy (non-hydrogen) atoms. The van der Waals surface area contributed by atoms with Crippen LogP contribution in [0.1, 0.15) is 18.6 Å². The summed E-state index contributed by atoms with van der Waals surface area (Å²) >= 11 is 41.0. The molecule has 2 rings (SSSR count). The number of benzene rings is 2. The fourth-order valence-electron chi connectivity index (χ4n) is 1.82. The van der Waals surface area contributed by atoms with E-state index in [9.17, 15) is 0 Å². The first-order valence-electron chi connectivity index (χ1n) is 5.97. The Morgan fingerprint density at radius 3 is 1.70 bits per heavy atom. The van der Waals surface area contributed by atoms with Crippen LogP contribution in [0.5, 0.6) is 5.75 Å². The molecule has 0 spiro atoms. The van der Waals surface area contributed by atoms with Crippen molar-refractivity contribution < 1.29 is 4.74 Å². The van der Waals surface area contributed by atoms with Gasteiger partial charge in [0, 0.05) is 14.5 Å². The summed E-state index contributed by atoms with van der Waals surface area (Å²) < 4.78 is 8.44. The standard InChI is InChI=1S/C14H6Br3Cl5O/c1-4(23-8-3-6(16)5(15)2-7(8)17)9-10(18)12(20)14(22)13(21)11(9)19/h2-4H,1H3. The van der Waals surface area contributed by atoms with Gasteiger partial charge in [0.1, 0.15) is 11.9 Å². The maximum atomic E-state index is 6.27. The van der Waals surface area contributed by atoms with E-state index >= 15 is 0 Å². The topological polar surface area (TPSA) is 9.23 Å². The van der Waals surface area contributed by atoms with E-state index in [1.54, 1.807) is 6.92 Å². The first-order valence-corrected chi connectivity index (χ1v) is 10.2. The molecule has 0 heterocycles. The molecule has 0 aromatic heterocycles. The molecule has 1 atom stereocenters. The highest BCUT2D eigenvalue weighted by Gasteiger charge is 2.24. The van der Waals surface area contributed by atoms with E-state index < -0.39 is 6.10 Å². The molecular weight excluding hydrogens is 601 g/mol. The van der Waals surface area contributed by atoms with E-state index in [0.717, 1.165) is 13.4 Å². The normalized spacial score (nSPS) is 12.4. The SMILES string of the molecule is CC(Oc1cc(Br)c(Br)cc1Br)c1c(Cl)c(Cl)c(Cl)c(Cl)c1Cl. The Morgan fingerprint density at radius 2 is 1.17 bits per heavy atom.